The molecule has 3 aromatic rings. The number of hydrogen-bond acceptors (Lipinski definition) is 6. The highest BCUT2D eigenvalue weighted by Crippen LogP contribution is 2.37. The van der Waals surface area contributed by atoms with E-state index in [9.17, 15) is 9.90 Å². The average Bonchev–Trinajstić information content (AvgIpc) is 3.43. The van der Waals surface area contributed by atoms with E-state index in [0.717, 1.165) is 25.2 Å². The second kappa shape index (κ2) is 10.7. The molecular weight excluding hydrogens is 448 g/mol. The molecule has 34 heavy (non-hydrogen) atoms. The number of nitrogens with one attached hydrogen (secondary N) is 2. The minimum Gasteiger partial charge on any atom is -0.383 e. The summed E-state index contributed by atoms with van der Waals surface area (Å²) in [4.78, 5) is 20.1. The van der Waals surface area contributed by atoms with Crippen molar-refractivity contribution < 1.29 is 14.6 Å². The van der Waals surface area contributed by atoms with Crippen molar-refractivity contribution in [2.45, 2.75) is 31.4 Å². The lowest BCUT2D eigenvalue weighted by atomic mass is 9.94. The Hall–Kier alpha value is -2.78. The van der Waals surface area contributed by atoms with E-state index in [-0.39, 0.29) is 18.0 Å². The molecule has 0 spiro atoms. The monoisotopic (exact) mass is 480 g/mol. The number of nitrogens with zero attached hydrogens (tertiary/aromatic N) is 2. The van der Waals surface area contributed by atoms with Crippen molar-refractivity contribution in [1.82, 2.24) is 15.2 Å². The predicted molar refractivity (Wildman–Crippen MR) is 136 cm³/mol. The van der Waals surface area contributed by atoms with Gasteiger partial charge in [-0.2, -0.15) is 0 Å². The van der Waals surface area contributed by atoms with E-state index in [1.165, 1.54) is 16.9 Å². The van der Waals surface area contributed by atoms with Crippen LogP contribution >= 0.6 is 11.3 Å². The molecule has 1 saturated heterocycles. The van der Waals surface area contributed by atoms with Gasteiger partial charge in [-0.05, 0) is 19.4 Å². The van der Waals surface area contributed by atoms with Gasteiger partial charge < -0.3 is 15.2 Å². The number of methoxy groups -OCH3 is 1. The highest BCUT2D eigenvalue weighted by atomic mass is 32.1. The molecule has 3 N–H and O–H groups in total. The van der Waals surface area contributed by atoms with E-state index < -0.39 is 5.60 Å². The van der Waals surface area contributed by atoms with Crippen LogP contribution in [0.25, 0.3) is 11.3 Å². The summed E-state index contributed by atoms with van der Waals surface area (Å²) >= 11 is 1.30. The molecule has 0 unspecified atom stereocenters. The maximum Gasteiger partial charge on any atom is 0.320 e. The number of urea groups is 1. The van der Waals surface area contributed by atoms with Crippen LogP contribution < -0.4 is 10.6 Å². The molecule has 2 amide bonds. The van der Waals surface area contributed by atoms with Gasteiger partial charge >= 0.3 is 6.03 Å². The van der Waals surface area contributed by atoms with Crippen LogP contribution in [0.2, 0.25) is 0 Å². The molecule has 0 radical (unpaired) electrons. The first-order valence-corrected chi connectivity index (χ1v) is 12.3. The van der Waals surface area contributed by atoms with Gasteiger partial charge in [0, 0.05) is 38.2 Å². The van der Waals surface area contributed by atoms with Crippen LogP contribution in [0.5, 0.6) is 0 Å². The molecular formula is C26H32N4O3S. The molecule has 1 aromatic heterocycles. The molecule has 4 rings (SSSR count). The Balaban J connectivity index is 1.53. The van der Waals surface area contributed by atoms with Crippen LogP contribution in [0.15, 0.2) is 60.7 Å². The highest BCUT2D eigenvalue weighted by molar-refractivity contribution is 7.16. The second-order valence-corrected chi connectivity index (χ2v) is 10.1. The number of ether oxygens (including phenoxy) is 1. The van der Waals surface area contributed by atoms with Gasteiger partial charge in [-0.1, -0.05) is 72.0 Å². The first-order valence-electron chi connectivity index (χ1n) is 11.5. The van der Waals surface area contributed by atoms with Gasteiger partial charge in [0.25, 0.3) is 0 Å². The largest absolute Gasteiger partial charge is 0.383 e. The minimum atomic E-state index is -1.10. The Kier molecular flexibility index (Phi) is 7.63. The number of aliphatic hydroxyl groups is 1. The van der Waals surface area contributed by atoms with Crippen LogP contribution in [-0.4, -0.2) is 60.4 Å². The van der Waals surface area contributed by atoms with Gasteiger partial charge in [-0.25, -0.2) is 9.78 Å². The smallest absolute Gasteiger partial charge is 0.320 e. The molecule has 0 aliphatic carbocycles. The molecule has 0 bridgehead atoms. The van der Waals surface area contributed by atoms with E-state index in [2.05, 4.69) is 32.7 Å². The molecule has 2 atom stereocenters. The molecule has 7 nitrogen and oxygen atoms in total. The number of hydrogen-bond donors (Lipinski definition) is 3. The third-order valence-electron chi connectivity index (χ3n) is 5.98. The van der Waals surface area contributed by atoms with E-state index in [4.69, 9.17) is 4.74 Å². The van der Waals surface area contributed by atoms with E-state index in [0.29, 0.717) is 22.3 Å². The van der Waals surface area contributed by atoms with Crippen molar-refractivity contribution in [2.75, 3.05) is 38.7 Å². The fraction of sp³-hybridized carbons (Fsp3) is 0.385. The number of carbonyl (C=O) groups is 1. The highest BCUT2D eigenvalue weighted by Gasteiger charge is 2.35. The van der Waals surface area contributed by atoms with Gasteiger partial charge in [0.05, 0.1) is 12.6 Å². The zero-order valence-electron chi connectivity index (χ0n) is 19.8. The third kappa shape index (κ3) is 5.82. The zero-order chi connectivity index (χ0) is 24.1. The van der Waals surface area contributed by atoms with Crippen molar-refractivity contribution in [3.05, 3.63) is 71.2 Å². The minimum absolute atomic E-state index is 0.0406. The fourth-order valence-electron chi connectivity index (χ4n) is 4.24. The second-order valence-electron chi connectivity index (χ2n) is 9.10. The van der Waals surface area contributed by atoms with E-state index >= 15 is 0 Å². The summed E-state index contributed by atoms with van der Waals surface area (Å²) in [6.45, 7) is 6.48. The number of thiazole rings is 1. The summed E-state index contributed by atoms with van der Waals surface area (Å²) < 4.78 is 5.26. The standard InChI is InChI=1S/C26H32N4O3S/c1-26(2,32)24-28-22(19-12-8-5-9-13-19)23(34-24)29-25(31)27-21-17-30(14-15-33-3)16-20(21)18-10-6-4-7-11-18/h4-13,20-21,32H,14-17H2,1-3H3,(H2,27,29,31)/t20-,21+/m0/s1. The number of carbonyl (C=O) groups excluding carboxylic acids is 1. The van der Waals surface area contributed by atoms with Gasteiger partial charge in [-0.3, -0.25) is 10.2 Å². The van der Waals surface area contributed by atoms with Crippen molar-refractivity contribution >= 4 is 22.4 Å². The SMILES string of the molecule is COCCN1C[C@@H](NC(=O)Nc2sc(C(C)(C)O)nc2-c2ccccc2)[C@H](c2ccccc2)C1. The molecule has 1 aliphatic heterocycles. The molecule has 180 valence electrons. The van der Waals surface area contributed by atoms with E-state index in [1.54, 1.807) is 21.0 Å². The summed E-state index contributed by atoms with van der Waals surface area (Å²) in [5, 5.41) is 17.9. The van der Waals surface area contributed by atoms with E-state index in [1.807, 2.05) is 48.5 Å². The summed E-state index contributed by atoms with van der Waals surface area (Å²) in [5.74, 6) is 0.186. The first-order chi connectivity index (χ1) is 16.3. The predicted octanol–water partition coefficient (Wildman–Crippen LogP) is 4.27. The lowest BCUT2D eigenvalue weighted by Crippen LogP contribution is -2.42. The van der Waals surface area contributed by atoms with Crippen molar-refractivity contribution in [2.24, 2.45) is 0 Å². The maximum atomic E-state index is 13.2. The topological polar surface area (TPSA) is 86.7 Å². The lowest BCUT2D eigenvalue weighted by Gasteiger charge is -2.20. The Morgan fingerprint density at radius 3 is 2.47 bits per heavy atom. The Labute approximate surface area is 204 Å². The molecule has 1 aliphatic rings. The van der Waals surface area contributed by atoms with Gasteiger partial charge in [0.1, 0.15) is 21.3 Å². The molecule has 2 aromatic carbocycles. The normalized spacial score (nSPS) is 18.7. The fourth-order valence-corrected chi connectivity index (χ4v) is 5.22. The molecule has 8 heteroatoms. The quantitative estimate of drug-likeness (QED) is 0.448. The van der Waals surface area contributed by atoms with Gasteiger partial charge in [-0.15, -0.1) is 0 Å². The van der Waals surface area contributed by atoms with Crippen molar-refractivity contribution in [3.8, 4) is 11.3 Å². The third-order valence-corrected chi connectivity index (χ3v) is 7.26. The number of aromatic nitrogens is 1. The van der Waals surface area contributed by atoms with Crippen LogP contribution in [0.4, 0.5) is 9.80 Å². The summed E-state index contributed by atoms with van der Waals surface area (Å²) in [5.41, 5.74) is 1.65. The Bertz CT molecular complexity index is 1080. The first kappa shape index (κ1) is 24.3. The zero-order valence-corrected chi connectivity index (χ0v) is 20.6. The van der Waals surface area contributed by atoms with Crippen molar-refractivity contribution in [1.29, 1.82) is 0 Å². The maximum absolute atomic E-state index is 13.2. The number of anilines is 1. The van der Waals surface area contributed by atoms with Crippen molar-refractivity contribution in [3.63, 3.8) is 0 Å². The molecule has 2 heterocycles. The number of amides is 2. The lowest BCUT2D eigenvalue weighted by molar-refractivity contribution is 0.0783. The molecule has 0 saturated carbocycles. The summed E-state index contributed by atoms with van der Waals surface area (Å²) in [6, 6.07) is 19.7. The average molecular weight is 481 g/mol. The van der Waals surface area contributed by atoms with Crippen LogP contribution in [0, 0.1) is 0 Å². The molecule has 1 fully saturated rings. The summed E-state index contributed by atoms with van der Waals surface area (Å²) in [6.07, 6.45) is 0. The van der Waals surface area contributed by atoms with Crippen LogP contribution in [0.1, 0.15) is 30.3 Å². The number of likely N-dealkylation sites (tertiary alicyclic amines) is 1. The van der Waals surface area contributed by atoms with Gasteiger partial charge in [0.15, 0.2) is 0 Å². The van der Waals surface area contributed by atoms with Gasteiger partial charge in [0.2, 0.25) is 0 Å². The van der Waals surface area contributed by atoms with Crippen LogP contribution in [-0.2, 0) is 10.3 Å². The Morgan fingerprint density at radius 2 is 1.82 bits per heavy atom. The summed E-state index contributed by atoms with van der Waals surface area (Å²) in [7, 11) is 1.70. The number of benzene rings is 2. The Morgan fingerprint density at radius 1 is 1.15 bits per heavy atom. The van der Waals surface area contributed by atoms with Crippen LogP contribution in [0.3, 0.4) is 0 Å². The number of rotatable bonds is 8.